The highest BCUT2D eigenvalue weighted by Gasteiger charge is 2.13. The molecule has 17 heavy (non-hydrogen) atoms. The summed E-state index contributed by atoms with van der Waals surface area (Å²) in [6.45, 7) is 0. The van der Waals surface area contributed by atoms with E-state index in [9.17, 15) is 8.42 Å². The zero-order valence-corrected chi connectivity index (χ0v) is 10.6. The summed E-state index contributed by atoms with van der Waals surface area (Å²) in [5, 5.41) is 0. The average molecular weight is 270 g/mol. The highest BCUT2D eigenvalue weighted by molar-refractivity contribution is 7.88. The van der Waals surface area contributed by atoms with Gasteiger partial charge < -0.3 is 4.74 Å². The van der Waals surface area contributed by atoms with E-state index in [2.05, 4.69) is 0 Å². The number of benzene rings is 1. The zero-order valence-electron chi connectivity index (χ0n) is 8.95. The van der Waals surface area contributed by atoms with E-state index in [1.54, 1.807) is 25.3 Å². The lowest BCUT2D eigenvalue weighted by Gasteiger charge is -2.01. The molecule has 4 nitrogen and oxygen atoms in total. The first kappa shape index (κ1) is 12.1. The molecule has 1 heterocycles. The quantitative estimate of drug-likeness (QED) is 0.871. The first-order valence-corrected chi connectivity index (χ1v) is 6.98. The predicted molar refractivity (Wildman–Crippen MR) is 66.1 cm³/mol. The van der Waals surface area contributed by atoms with Crippen LogP contribution in [0.4, 0.5) is 0 Å². The number of thiophene rings is 1. The van der Waals surface area contributed by atoms with E-state index in [4.69, 9.17) is 9.29 Å². The molecule has 0 amide bonds. The number of methoxy groups -OCH3 is 1. The van der Waals surface area contributed by atoms with Crippen LogP contribution in [-0.2, 0) is 10.1 Å². The summed E-state index contributed by atoms with van der Waals surface area (Å²) in [4.78, 5) is 0.761. The van der Waals surface area contributed by atoms with Gasteiger partial charge in [0.05, 0.1) is 7.11 Å². The largest absolute Gasteiger partial charge is 0.497 e. The fraction of sp³-hybridized carbons (Fsp3) is 0.0909. The Morgan fingerprint density at radius 3 is 2.59 bits per heavy atom. The van der Waals surface area contributed by atoms with Crippen molar-refractivity contribution in [3.8, 4) is 16.2 Å². The molecule has 0 unspecified atom stereocenters. The summed E-state index contributed by atoms with van der Waals surface area (Å²) in [7, 11) is -2.55. The van der Waals surface area contributed by atoms with Crippen LogP contribution in [0.2, 0.25) is 0 Å². The zero-order chi connectivity index (χ0) is 12.5. The molecule has 2 rings (SSSR count). The average Bonchev–Trinajstić information content (AvgIpc) is 2.78. The lowest BCUT2D eigenvalue weighted by Crippen LogP contribution is -1.92. The number of rotatable bonds is 3. The maximum atomic E-state index is 10.9. The normalized spacial score (nSPS) is 11.4. The van der Waals surface area contributed by atoms with E-state index in [0.717, 1.165) is 21.8 Å². The van der Waals surface area contributed by atoms with E-state index in [-0.39, 0.29) is 4.21 Å². The molecule has 0 fully saturated rings. The number of hydrogen-bond donors (Lipinski definition) is 1. The van der Waals surface area contributed by atoms with Gasteiger partial charge in [-0.15, -0.1) is 11.3 Å². The molecule has 1 aromatic carbocycles. The van der Waals surface area contributed by atoms with Crippen molar-refractivity contribution >= 4 is 21.5 Å². The summed E-state index contributed by atoms with van der Waals surface area (Å²) in [6, 6.07) is 10.3. The third-order valence-electron chi connectivity index (χ3n) is 2.19. The standard InChI is InChI=1S/C11H10O4S2/c1-15-9-4-2-3-8(7-9)10-5-6-11(16-10)17(12,13)14/h2-7H,1H3,(H,12,13,14). The van der Waals surface area contributed by atoms with Crippen molar-refractivity contribution in [1.29, 1.82) is 0 Å². The van der Waals surface area contributed by atoms with E-state index in [0.29, 0.717) is 5.75 Å². The second-order valence-corrected chi connectivity index (χ2v) is 6.06. The van der Waals surface area contributed by atoms with Crippen LogP contribution in [0.3, 0.4) is 0 Å². The molecule has 6 heteroatoms. The number of hydrogen-bond acceptors (Lipinski definition) is 4. The smallest absolute Gasteiger partial charge is 0.304 e. The molecule has 2 aromatic rings. The summed E-state index contributed by atoms with van der Waals surface area (Å²) in [5.74, 6) is 0.698. The maximum absolute atomic E-state index is 10.9. The van der Waals surface area contributed by atoms with Crippen LogP contribution in [0.25, 0.3) is 10.4 Å². The van der Waals surface area contributed by atoms with Crippen molar-refractivity contribution in [2.45, 2.75) is 4.21 Å². The van der Waals surface area contributed by atoms with Crippen LogP contribution in [0.1, 0.15) is 0 Å². The Morgan fingerprint density at radius 1 is 1.24 bits per heavy atom. The Labute approximate surface area is 103 Å². The molecule has 1 N–H and O–H groups in total. The molecule has 0 saturated heterocycles. The van der Waals surface area contributed by atoms with Crippen LogP contribution < -0.4 is 4.74 Å². The van der Waals surface area contributed by atoms with Gasteiger partial charge in [0, 0.05) is 4.88 Å². The molecular formula is C11H10O4S2. The van der Waals surface area contributed by atoms with Crippen LogP contribution in [0.15, 0.2) is 40.6 Å². The summed E-state index contributed by atoms with van der Waals surface area (Å²) in [5.41, 5.74) is 0.851. The van der Waals surface area contributed by atoms with Gasteiger partial charge in [0.2, 0.25) is 0 Å². The van der Waals surface area contributed by atoms with Gasteiger partial charge in [0.25, 0.3) is 0 Å². The summed E-state index contributed by atoms with van der Waals surface area (Å²) < 4.78 is 35.8. The van der Waals surface area contributed by atoms with Gasteiger partial charge in [0.1, 0.15) is 9.96 Å². The first-order chi connectivity index (χ1) is 8.00. The molecule has 0 bridgehead atoms. The fourth-order valence-electron chi connectivity index (χ4n) is 1.39. The Hall–Kier alpha value is -1.37. The Bertz CT molecular complexity index is 628. The second-order valence-electron chi connectivity index (χ2n) is 3.33. The van der Waals surface area contributed by atoms with Gasteiger partial charge in [-0.05, 0) is 29.8 Å². The van der Waals surface area contributed by atoms with Crippen molar-refractivity contribution in [3.63, 3.8) is 0 Å². The fourth-order valence-corrected chi connectivity index (χ4v) is 3.05. The molecular weight excluding hydrogens is 260 g/mol. The van der Waals surface area contributed by atoms with Gasteiger partial charge in [-0.25, -0.2) is 0 Å². The monoisotopic (exact) mass is 270 g/mol. The molecule has 0 aliphatic rings. The van der Waals surface area contributed by atoms with Crippen LogP contribution in [0, 0.1) is 0 Å². The van der Waals surface area contributed by atoms with Crippen molar-refractivity contribution < 1.29 is 17.7 Å². The van der Waals surface area contributed by atoms with Crippen molar-refractivity contribution in [2.24, 2.45) is 0 Å². The predicted octanol–water partition coefficient (Wildman–Crippen LogP) is 2.67. The van der Waals surface area contributed by atoms with E-state index in [1.165, 1.54) is 6.07 Å². The molecule has 0 aliphatic heterocycles. The SMILES string of the molecule is COc1cccc(-c2ccc(S(=O)(=O)O)s2)c1. The molecule has 0 saturated carbocycles. The third-order valence-corrected chi connectivity index (χ3v) is 4.65. The van der Waals surface area contributed by atoms with Crippen molar-refractivity contribution in [2.75, 3.05) is 7.11 Å². The maximum Gasteiger partial charge on any atom is 0.304 e. The molecule has 90 valence electrons. The molecule has 0 atom stereocenters. The molecule has 0 radical (unpaired) electrons. The topological polar surface area (TPSA) is 63.6 Å². The lowest BCUT2D eigenvalue weighted by molar-refractivity contribution is 0.415. The van der Waals surface area contributed by atoms with E-state index >= 15 is 0 Å². The van der Waals surface area contributed by atoms with E-state index in [1.807, 2.05) is 12.1 Å². The molecule has 0 aliphatic carbocycles. The van der Waals surface area contributed by atoms with Crippen molar-refractivity contribution in [3.05, 3.63) is 36.4 Å². The highest BCUT2D eigenvalue weighted by Crippen LogP contribution is 2.32. The number of ether oxygens (including phenoxy) is 1. The minimum Gasteiger partial charge on any atom is -0.497 e. The summed E-state index contributed by atoms with van der Waals surface area (Å²) in [6.07, 6.45) is 0. The van der Waals surface area contributed by atoms with E-state index < -0.39 is 10.1 Å². The molecule has 0 spiro atoms. The first-order valence-electron chi connectivity index (χ1n) is 4.72. The van der Waals surface area contributed by atoms with Crippen molar-refractivity contribution in [1.82, 2.24) is 0 Å². The third kappa shape index (κ3) is 2.66. The summed E-state index contributed by atoms with van der Waals surface area (Å²) >= 11 is 1.02. The Kier molecular flexibility index (Phi) is 3.19. The molecule has 1 aromatic heterocycles. The minimum absolute atomic E-state index is 0.0599. The second kappa shape index (κ2) is 4.48. The van der Waals surface area contributed by atoms with Gasteiger partial charge in [-0.3, -0.25) is 4.55 Å². The van der Waals surface area contributed by atoms with Crippen LogP contribution in [0.5, 0.6) is 5.75 Å². The lowest BCUT2D eigenvalue weighted by atomic mass is 10.2. The van der Waals surface area contributed by atoms with Crippen LogP contribution >= 0.6 is 11.3 Å². The minimum atomic E-state index is -4.12. The Morgan fingerprint density at radius 2 is 2.00 bits per heavy atom. The van der Waals surface area contributed by atoms with Gasteiger partial charge in [-0.1, -0.05) is 12.1 Å². The Balaban J connectivity index is 2.43. The highest BCUT2D eigenvalue weighted by atomic mass is 32.3. The van der Waals surface area contributed by atoms with Gasteiger partial charge in [-0.2, -0.15) is 8.42 Å². The van der Waals surface area contributed by atoms with Crippen LogP contribution in [-0.4, -0.2) is 20.1 Å². The van der Waals surface area contributed by atoms with Gasteiger partial charge >= 0.3 is 10.1 Å². The van der Waals surface area contributed by atoms with Gasteiger partial charge in [0.15, 0.2) is 0 Å².